The molecule has 0 aliphatic carbocycles. The zero-order valence-corrected chi connectivity index (χ0v) is 15.5. The summed E-state index contributed by atoms with van der Waals surface area (Å²) in [7, 11) is 0. The van der Waals surface area contributed by atoms with Crippen LogP contribution in [0.5, 0.6) is 0 Å². The molecule has 0 spiro atoms. The molecule has 1 aromatic rings. The maximum absolute atomic E-state index is 5.43. The lowest BCUT2D eigenvalue weighted by Crippen LogP contribution is -2.47. The van der Waals surface area contributed by atoms with E-state index in [0.717, 1.165) is 39.3 Å². The summed E-state index contributed by atoms with van der Waals surface area (Å²) < 4.78 is 5.43. The van der Waals surface area contributed by atoms with Crippen LogP contribution in [0, 0.1) is 6.92 Å². The van der Waals surface area contributed by atoms with E-state index in [1.165, 1.54) is 11.3 Å². The van der Waals surface area contributed by atoms with Crippen LogP contribution >= 0.6 is 37.2 Å². The third-order valence-corrected chi connectivity index (χ3v) is 3.55. The standard InChI is InChI=1S/C15H25N3O.3ClH/c1-14-3-2-4-15(13-14)18-8-6-17(7-9-18)10-12-19-11-5-16;;;/h2-4,13H,5-12,16H2,1H3;3*1H. The lowest BCUT2D eigenvalue weighted by atomic mass is 10.2. The van der Waals surface area contributed by atoms with Crippen LogP contribution in [-0.2, 0) is 4.74 Å². The first-order valence-corrected chi connectivity index (χ1v) is 7.11. The molecule has 1 aliphatic heterocycles. The molecule has 7 heteroatoms. The molecular formula is C15H28Cl3N3O. The van der Waals surface area contributed by atoms with Gasteiger partial charge in [0, 0.05) is 45.0 Å². The molecule has 1 aromatic carbocycles. The van der Waals surface area contributed by atoms with Crippen molar-refractivity contribution in [3.63, 3.8) is 0 Å². The fourth-order valence-corrected chi connectivity index (χ4v) is 2.43. The third-order valence-electron chi connectivity index (χ3n) is 3.55. The van der Waals surface area contributed by atoms with E-state index in [2.05, 4.69) is 41.0 Å². The monoisotopic (exact) mass is 371 g/mol. The molecule has 1 fully saturated rings. The van der Waals surface area contributed by atoms with Crippen LogP contribution in [0.15, 0.2) is 24.3 Å². The quantitative estimate of drug-likeness (QED) is 0.778. The Bertz CT molecular complexity index is 388. The third kappa shape index (κ3) is 7.86. The number of halogens is 3. The molecule has 130 valence electrons. The summed E-state index contributed by atoms with van der Waals surface area (Å²) in [5.74, 6) is 0. The summed E-state index contributed by atoms with van der Waals surface area (Å²) in [6, 6.07) is 8.75. The summed E-state index contributed by atoms with van der Waals surface area (Å²) in [5.41, 5.74) is 8.07. The topological polar surface area (TPSA) is 41.7 Å². The van der Waals surface area contributed by atoms with Crippen molar-refractivity contribution in [2.24, 2.45) is 5.73 Å². The van der Waals surface area contributed by atoms with Gasteiger partial charge in [-0.3, -0.25) is 4.90 Å². The highest BCUT2D eigenvalue weighted by molar-refractivity contribution is 5.86. The number of rotatable bonds is 6. The average molecular weight is 373 g/mol. The highest BCUT2D eigenvalue weighted by atomic mass is 35.5. The van der Waals surface area contributed by atoms with Crippen LogP contribution in [0.25, 0.3) is 0 Å². The zero-order chi connectivity index (χ0) is 13.5. The van der Waals surface area contributed by atoms with E-state index < -0.39 is 0 Å². The molecule has 0 amide bonds. The van der Waals surface area contributed by atoms with Crippen LogP contribution in [-0.4, -0.2) is 57.4 Å². The van der Waals surface area contributed by atoms with E-state index in [1.807, 2.05) is 0 Å². The highest BCUT2D eigenvalue weighted by Crippen LogP contribution is 2.17. The Balaban J connectivity index is 0. The van der Waals surface area contributed by atoms with Crippen molar-refractivity contribution >= 4 is 42.9 Å². The van der Waals surface area contributed by atoms with Gasteiger partial charge in [0.1, 0.15) is 0 Å². The fourth-order valence-electron chi connectivity index (χ4n) is 2.43. The number of anilines is 1. The Labute approximate surface area is 152 Å². The SMILES string of the molecule is Cc1cccc(N2CCN(CCOCCN)CC2)c1.Cl.Cl.Cl. The van der Waals surface area contributed by atoms with E-state index in [-0.39, 0.29) is 37.2 Å². The van der Waals surface area contributed by atoms with Gasteiger partial charge in [-0.05, 0) is 24.6 Å². The molecule has 0 radical (unpaired) electrons. The van der Waals surface area contributed by atoms with E-state index >= 15 is 0 Å². The Hall–Kier alpha value is -0.230. The predicted molar refractivity (Wildman–Crippen MR) is 101 cm³/mol. The predicted octanol–water partition coefficient (Wildman–Crippen LogP) is 2.36. The molecule has 1 heterocycles. The van der Waals surface area contributed by atoms with Crippen LogP contribution < -0.4 is 10.6 Å². The van der Waals surface area contributed by atoms with Crippen molar-refractivity contribution < 1.29 is 4.74 Å². The number of nitrogens with two attached hydrogens (primary N) is 1. The summed E-state index contributed by atoms with van der Waals surface area (Å²) in [4.78, 5) is 4.92. The number of hydrogen-bond acceptors (Lipinski definition) is 4. The summed E-state index contributed by atoms with van der Waals surface area (Å²) in [6.07, 6.45) is 0. The van der Waals surface area contributed by atoms with Crippen LogP contribution in [0.2, 0.25) is 0 Å². The van der Waals surface area contributed by atoms with Crippen molar-refractivity contribution in [1.29, 1.82) is 0 Å². The smallest absolute Gasteiger partial charge is 0.0594 e. The van der Waals surface area contributed by atoms with Crippen LogP contribution in [0.4, 0.5) is 5.69 Å². The number of benzene rings is 1. The first-order chi connectivity index (χ1) is 9.29. The van der Waals surface area contributed by atoms with E-state index in [9.17, 15) is 0 Å². The molecule has 1 aliphatic rings. The normalized spacial score (nSPS) is 14.5. The van der Waals surface area contributed by atoms with E-state index in [1.54, 1.807) is 0 Å². The lowest BCUT2D eigenvalue weighted by molar-refractivity contribution is 0.107. The average Bonchev–Trinajstić information content (AvgIpc) is 2.44. The second-order valence-corrected chi connectivity index (χ2v) is 5.07. The summed E-state index contributed by atoms with van der Waals surface area (Å²) in [6.45, 7) is 9.66. The maximum Gasteiger partial charge on any atom is 0.0594 e. The second kappa shape index (κ2) is 13.2. The van der Waals surface area contributed by atoms with Gasteiger partial charge in [-0.2, -0.15) is 0 Å². The minimum Gasteiger partial charge on any atom is -0.379 e. The van der Waals surface area contributed by atoms with Crippen molar-refractivity contribution in [3.8, 4) is 0 Å². The van der Waals surface area contributed by atoms with Gasteiger partial charge in [0.05, 0.1) is 13.2 Å². The maximum atomic E-state index is 5.43. The molecule has 0 unspecified atom stereocenters. The first kappa shape index (κ1) is 24.0. The van der Waals surface area contributed by atoms with Crippen LogP contribution in [0.3, 0.4) is 0 Å². The summed E-state index contributed by atoms with van der Waals surface area (Å²) in [5, 5.41) is 0. The minimum absolute atomic E-state index is 0. The van der Waals surface area contributed by atoms with Crippen LogP contribution in [0.1, 0.15) is 5.56 Å². The number of ether oxygens (including phenoxy) is 1. The largest absolute Gasteiger partial charge is 0.379 e. The molecule has 0 atom stereocenters. The number of nitrogens with zero attached hydrogens (tertiary/aromatic N) is 2. The molecule has 1 saturated heterocycles. The Morgan fingerprint density at radius 3 is 2.32 bits per heavy atom. The molecule has 0 saturated carbocycles. The Morgan fingerprint density at radius 1 is 1.05 bits per heavy atom. The second-order valence-electron chi connectivity index (χ2n) is 5.07. The van der Waals surface area contributed by atoms with Crippen molar-refractivity contribution in [2.75, 3.05) is 57.4 Å². The highest BCUT2D eigenvalue weighted by Gasteiger charge is 2.16. The number of piperazine rings is 1. The lowest BCUT2D eigenvalue weighted by Gasteiger charge is -2.36. The molecule has 4 nitrogen and oxygen atoms in total. The van der Waals surface area contributed by atoms with Gasteiger partial charge in [0.15, 0.2) is 0 Å². The van der Waals surface area contributed by atoms with Crippen molar-refractivity contribution in [1.82, 2.24) is 4.90 Å². The van der Waals surface area contributed by atoms with Gasteiger partial charge in [-0.25, -0.2) is 0 Å². The number of aryl methyl sites for hydroxylation is 1. The molecular weight excluding hydrogens is 345 g/mol. The Kier molecular flexibility index (Phi) is 14.5. The molecule has 2 rings (SSSR count). The van der Waals surface area contributed by atoms with Gasteiger partial charge in [0.25, 0.3) is 0 Å². The molecule has 22 heavy (non-hydrogen) atoms. The number of hydrogen-bond donors (Lipinski definition) is 1. The molecule has 2 N–H and O–H groups in total. The first-order valence-electron chi connectivity index (χ1n) is 7.11. The zero-order valence-electron chi connectivity index (χ0n) is 13.1. The van der Waals surface area contributed by atoms with Crippen molar-refractivity contribution in [2.45, 2.75) is 6.92 Å². The fraction of sp³-hybridized carbons (Fsp3) is 0.600. The van der Waals surface area contributed by atoms with Gasteiger partial charge in [0.2, 0.25) is 0 Å². The summed E-state index contributed by atoms with van der Waals surface area (Å²) >= 11 is 0. The minimum atomic E-state index is 0. The van der Waals surface area contributed by atoms with Crippen molar-refractivity contribution in [3.05, 3.63) is 29.8 Å². The van der Waals surface area contributed by atoms with Gasteiger partial charge >= 0.3 is 0 Å². The van der Waals surface area contributed by atoms with E-state index in [0.29, 0.717) is 13.2 Å². The van der Waals surface area contributed by atoms with Gasteiger partial charge < -0.3 is 15.4 Å². The Morgan fingerprint density at radius 2 is 1.73 bits per heavy atom. The molecule has 0 aromatic heterocycles. The van der Waals surface area contributed by atoms with Gasteiger partial charge in [-0.15, -0.1) is 37.2 Å². The molecule has 0 bridgehead atoms. The van der Waals surface area contributed by atoms with Gasteiger partial charge in [-0.1, -0.05) is 12.1 Å². The van der Waals surface area contributed by atoms with E-state index in [4.69, 9.17) is 10.5 Å².